The average molecular weight is 152 g/mol. The molecule has 0 radical (unpaired) electrons. The van der Waals surface area contributed by atoms with Crippen molar-refractivity contribution in [3.63, 3.8) is 0 Å². The first-order chi connectivity index (χ1) is 5.36. The van der Waals surface area contributed by atoms with Crippen LogP contribution in [0.2, 0.25) is 0 Å². The largest absolute Gasteiger partial charge is 0.361 e. The fourth-order valence-corrected chi connectivity index (χ4v) is 0.759. The van der Waals surface area contributed by atoms with Crippen LogP contribution in [0.25, 0.3) is 10.4 Å². The zero-order valence-corrected chi connectivity index (χ0v) is 6.19. The van der Waals surface area contributed by atoms with Crippen LogP contribution >= 0.6 is 0 Å². The van der Waals surface area contributed by atoms with E-state index in [0.717, 1.165) is 18.6 Å². The number of aromatic nitrogens is 1. The Hall–Kier alpha value is -1.48. The molecule has 0 fully saturated rings. The molecule has 5 nitrogen and oxygen atoms in total. The lowest BCUT2D eigenvalue weighted by molar-refractivity contribution is 0.384. The molecule has 0 aliphatic heterocycles. The van der Waals surface area contributed by atoms with E-state index in [-0.39, 0.29) is 0 Å². The second-order valence-electron chi connectivity index (χ2n) is 2.09. The zero-order valence-electron chi connectivity index (χ0n) is 6.19. The summed E-state index contributed by atoms with van der Waals surface area (Å²) in [5.41, 5.74) is 8.04. The molecule has 0 saturated heterocycles. The number of aryl methyl sites for hydroxylation is 1. The Balaban J connectivity index is 2.73. The van der Waals surface area contributed by atoms with Gasteiger partial charge in [0.1, 0.15) is 5.76 Å². The van der Waals surface area contributed by atoms with Crippen molar-refractivity contribution in [2.24, 2.45) is 5.11 Å². The number of hydrogen-bond donors (Lipinski definition) is 0. The van der Waals surface area contributed by atoms with Gasteiger partial charge in [-0.1, -0.05) is 12.1 Å². The van der Waals surface area contributed by atoms with Crippen molar-refractivity contribution in [3.05, 3.63) is 22.3 Å². The van der Waals surface area contributed by atoms with Crippen LogP contribution in [0.5, 0.6) is 0 Å². The van der Waals surface area contributed by atoms with Gasteiger partial charge in [-0.05, 0) is 17.1 Å². The second kappa shape index (κ2) is 3.63. The van der Waals surface area contributed by atoms with Crippen LogP contribution in [0.3, 0.4) is 0 Å². The van der Waals surface area contributed by atoms with Gasteiger partial charge in [-0.25, -0.2) is 0 Å². The fraction of sp³-hybridized carbons (Fsp3) is 0.500. The molecule has 5 heteroatoms. The fourth-order valence-electron chi connectivity index (χ4n) is 0.759. The van der Waals surface area contributed by atoms with Gasteiger partial charge in [-0.3, -0.25) is 0 Å². The smallest absolute Gasteiger partial charge is 0.170 e. The molecular formula is C6H8N4O. The van der Waals surface area contributed by atoms with Crippen LogP contribution in [-0.2, 0) is 6.42 Å². The minimum absolute atomic E-state index is 0.302. The zero-order chi connectivity index (χ0) is 8.10. The van der Waals surface area contributed by atoms with Crippen LogP contribution in [-0.4, -0.2) is 5.16 Å². The van der Waals surface area contributed by atoms with Crippen molar-refractivity contribution in [2.45, 2.75) is 19.8 Å². The first kappa shape index (κ1) is 7.63. The molecule has 1 aromatic heterocycles. The summed E-state index contributed by atoms with van der Waals surface area (Å²) >= 11 is 0. The van der Waals surface area contributed by atoms with E-state index in [9.17, 15) is 0 Å². The lowest BCUT2D eigenvalue weighted by Gasteiger charge is -1.83. The van der Waals surface area contributed by atoms with Gasteiger partial charge in [0.05, 0.1) is 0 Å². The molecule has 0 aliphatic carbocycles. The van der Waals surface area contributed by atoms with E-state index < -0.39 is 0 Å². The molecule has 0 N–H and O–H groups in total. The molecule has 0 spiro atoms. The highest BCUT2D eigenvalue weighted by Gasteiger charge is 1.99. The summed E-state index contributed by atoms with van der Waals surface area (Å²) in [6.45, 7) is 2.04. The van der Waals surface area contributed by atoms with Crippen molar-refractivity contribution in [2.75, 3.05) is 0 Å². The third-order valence-corrected chi connectivity index (χ3v) is 1.19. The van der Waals surface area contributed by atoms with Crippen LogP contribution in [0.1, 0.15) is 19.1 Å². The molecule has 0 amide bonds. The minimum atomic E-state index is 0.302. The molecule has 0 atom stereocenters. The molecule has 0 aliphatic rings. The number of rotatable bonds is 3. The van der Waals surface area contributed by atoms with Crippen molar-refractivity contribution < 1.29 is 4.52 Å². The van der Waals surface area contributed by atoms with E-state index in [1.807, 2.05) is 6.92 Å². The highest BCUT2D eigenvalue weighted by Crippen LogP contribution is 2.13. The van der Waals surface area contributed by atoms with E-state index in [0.29, 0.717) is 5.82 Å². The monoisotopic (exact) mass is 152 g/mol. The normalized spacial score (nSPS) is 9.18. The average Bonchev–Trinajstić information content (AvgIpc) is 2.38. The van der Waals surface area contributed by atoms with E-state index in [1.54, 1.807) is 6.07 Å². The first-order valence-electron chi connectivity index (χ1n) is 3.37. The molecule has 0 unspecified atom stereocenters. The van der Waals surface area contributed by atoms with E-state index in [2.05, 4.69) is 15.2 Å². The Morgan fingerprint density at radius 1 is 1.82 bits per heavy atom. The maximum atomic E-state index is 8.04. The number of azide groups is 1. The van der Waals surface area contributed by atoms with Gasteiger partial charge in [0, 0.05) is 17.4 Å². The lowest BCUT2D eigenvalue weighted by atomic mass is 10.3. The molecule has 11 heavy (non-hydrogen) atoms. The summed E-state index contributed by atoms with van der Waals surface area (Å²) in [4.78, 5) is 2.58. The summed E-state index contributed by atoms with van der Waals surface area (Å²) < 4.78 is 4.84. The summed E-state index contributed by atoms with van der Waals surface area (Å²) in [6.07, 6.45) is 1.82. The van der Waals surface area contributed by atoms with Crippen LogP contribution in [0.15, 0.2) is 15.7 Å². The maximum absolute atomic E-state index is 8.04. The highest BCUT2D eigenvalue weighted by atomic mass is 16.5. The summed E-state index contributed by atoms with van der Waals surface area (Å²) in [7, 11) is 0. The van der Waals surface area contributed by atoms with Crippen LogP contribution < -0.4 is 0 Å². The van der Waals surface area contributed by atoms with E-state index in [1.165, 1.54) is 0 Å². The van der Waals surface area contributed by atoms with Crippen molar-refractivity contribution in [3.8, 4) is 0 Å². The van der Waals surface area contributed by atoms with Crippen molar-refractivity contribution in [1.82, 2.24) is 5.16 Å². The SMILES string of the molecule is CCCc1cc(N=[N+]=[N-])no1. The number of nitrogens with zero attached hydrogens (tertiary/aromatic N) is 4. The Morgan fingerprint density at radius 3 is 3.27 bits per heavy atom. The quantitative estimate of drug-likeness (QED) is 0.379. The minimum Gasteiger partial charge on any atom is -0.361 e. The van der Waals surface area contributed by atoms with Crippen molar-refractivity contribution in [1.29, 1.82) is 0 Å². The summed E-state index contributed by atoms with van der Waals surface area (Å²) in [5.74, 6) is 1.06. The third-order valence-electron chi connectivity index (χ3n) is 1.19. The Bertz CT molecular complexity index is 274. The third kappa shape index (κ3) is 1.98. The molecule has 0 aromatic carbocycles. The summed E-state index contributed by atoms with van der Waals surface area (Å²) in [5, 5.41) is 6.81. The van der Waals surface area contributed by atoms with Gasteiger partial charge >= 0.3 is 0 Å². The van der Waals surface area contributed by atoms with Crippen molar-refractivity contribution >= 4 is 5.82 Å². The van der Waals surface area contributed by atoms with Gasteiger partial charge in [0.25, 0.3) is 0 Å². The van der Waals surface area contributed by atoms with E-state index >= 15 is 0 Å². The molecule has 1 heterocycles. The molecular weight excluding hydrogens is 144 g/mol. The van der Waals surface area contributed by atoms with Gasteiger partial charge < -0.3 is 4.52 Å². The topological polar surface area (TPSA) is 74.8 Å². The molecule has 0 bridgehead atoms. The number of hydrogen-bond acceptors (Lipinski definition) is 3. The summed E-state index contributed by atoms with van der Waals surface area (Å²) in [6, 6.07) is 1.64. The Morgan fingerprint density at radius 2 is 2.64 bits per heavy atom. The van der Waals surface area contributed by atoms with Gasteiger partial charge in [0.2, 0.25) is 0 Å². The highest BCUT2D eigenvalue weighted by molar-refractivity contribution is 5.25. The second-order valence-corrected chi connectivity index (χ2v) is 2.09. The van der Waals surface area contributed by atoms with E-state index in [4.69, 9.17) is 10.1 Å². The molecule has 58 valence electrons. The first-order valence-corrected chi connectivity index (χ1v) is 3.37. The Labute approximate surface area is 63.6 Å². The van der Waals surface area contributed by atoms with Gasteiger partial charge in [-0.2, -0.15) is 0 Å². The Kier molecular flexibility index (Phi) is 2.52. The van der Waals surface area contributed by atoms with Crippen LogP contribution in [0, 0.1) is 0 Å². The van der Waals surface area contributed by atoms with Crippen LogP contribution in [0.4, 0.5) is 5.82 Å². The predicted octanol–water partition coefficient (Wildman–Crippen LogP) is 2.57. The molecule has 1 rings (SSSR count). The van der Waals surface area contributed by atoms with Gasteiger partial charge in [0.15, 0.2) is 5.82 Å². The molecule has 1 aromatic rings. The maximum Gasteiger partial charge on any atom is 0.170 e. The molecule has 0 saturated carbocycles. The van der Waals surface area contributed by atoms with Gasteiger partial charge in [-0.15, -0.1) is 0 Å². The standard InChI is InChI=1S/C6H8N4O/c1-2-3-5-4-6(8-10-7)9-11-5/h4H,2-3H2,1H3. The lowest BCUT2D eigenvalue weighted by Crippen LogP contribution is -1.74. The predicted molar refractivity (Wildman–Crippen MR) is 39.3 cm³/mol.